The molecule has 1 aromatic carbocycles. The number of ketones is 1. The molecule has 1 aliphatic rings. The van der Waals surface area contributed by atoms with Gasteiger partial charge >= 0.3 is 0 Å². The second-order valence-corrected chi connectivity index (χ2v) is 5.55. The average Bonchev–Trinajstić information content (AvgIpc) is 2.65. The first kappa shape index (κ1) is 11.7. The van der Waals surface area contributed by atoms with E-state index in [0.717, 1.165) is 11.3 Å². The Balaban J connectivity index is 2.11. The molecule has 2 atom stereocenters. The lowest BCUT2D eigenvalue weighted by Gasteiger charge is -2.26. The molecule has 1 saturated heterocycles. The van der Waals surface area contributed by atoms with Gasteiger partial charge in [0, 0.05) is 11.7 Å². The molecule has 0 bridgehead atoms. The summed E-state index contributed by atoms with van der Waals surface area (Å²) in [7, 11) is 0. The smallest absolute Gasteiger partial charge is 0.146 e. The van der Waals surface area contributed by atoms with Crippen molar-refractivity contribution >= 4 is 17.5 Å². The summed E-state index contributed by atoms with van der Waals surface area (Å²) in [6.45, 7) is 1.79. The summed E-state index contributed by atoms with van der Waals surface area (Å²) < 4.78 is 0. The van der Waals surface area contributed by atoms with E-state index in [9.17, 15) is 9.90 Å². The van der Waals surface area contributed by atoms with Gasteiger partial charge < -0.3 is 5.11 Å². The van der Waals surface area contributed by atoms with Crippen LogP contribution in [-0.2, 0) is 10.4 Å². The highest BCUT2D eigenvalue weighted by Gasteiger charge is 2.33. The predicted octanol–water partition coefficient (Wildman–Crippen LogP) is 2.22. The van der Waals surface area contributed by atoms with Crippen LogP contribution in [-0.4, -0.2) is 22.4 Å². The zero-order chi connectivity index (χ0) is 11.6. The Hall–Kier alpha value is -0.800. The molecule has 1 fully saturated rings. The molecule has 1 N–H and O–H groups in total. The molecule has 0 aromatic heterocycles. The van der Waals surface area contributed by atoms with Crippen LogP contribution < -0.4 is 0 Å². The lowest BCUT2D eigenvalue weighted by Crippen LogP contribution is -2.28. The Bertz CT molecular complexity index is 373. The lowest BCUT2D eigenvalue weighted by molar-refractivity contribution is -0.121. The van der Waals surface area contributed by atoms with Crippen molar-refractivity contribution in [2.45, 2.75) is 18.9 Å². The first-order valence-corrected chi connectivity index (χ1v) is 6.63. The van der Waals surface area contributed by atoms with Crippen LogP contribution in [0.5, 0.6) is 0 Å². The number of aliphatic hydroxyl groups is 1. The molecule has 0 aliphatic carbocycles. The average molecular weight is 236 g/mol. The van der Waals surface area contributed by atoms with Gasteiger partial charge in [0.1, 0.15) is 5.78 Å². The van der Waals surface area contributed by atoms with E-state index in [0.29, 0.717) is 12.2 Å². The van der Waals surface area contributed by atoms with Crippen LogP contribution >= 0.6 is 11.8 Å². The van der Waals surface area contributed by atoms with E-state index < -0.39 is 5.60 Å². The van der Waals surface area contributed by atoms with Crippen LogP contribution in [0, 0.1) is 5.92 Å². The Morgan fingerprint density at radius 2 is 2.12 bits per heavy atom. The van der Waals surface area contributed by atoms with Crippen molar-refractivity contribution in [1.82, 2.24) is 0 Å². The monoisotopic (exact) mass is 236 g/mol. The first-order valence-electron chi connectivity index (χ1n) is 5.48. The number of hydrogen-bond acceptors (Lipinski definition) is 3. The second kappa shape index (κ2) is 4.60. The summed E-state index contributed by atoms with van der Waals surface area (Å²) in [4.78, 5) is 11.6. The number of benzene rings is 1. The fourth-order valence-electron chi connectivity index (χ4n) is 2.08. The number of carbonyl (C=O) groups excluding carboxylic acids is 1. The lowest BCUT2D eigenvalue weighted by atomic mass is 9.85. The number of hydrogen-bond donors (Lipinski definition) is 1. The summed E-state index contributed by atoms with van der Waals surface area (Å²) in [6, 6.07) is 9.57. The van der Waals surface area contributed by atoms with Gasteiger partial charge in [0.05, 0.1) is 11.4 Å². The third kappa shape index (κ3) is 2.47. The highest BCUT2D eigenvalue weighted by atomic mass is 32.2. The highest BCUT2D eigenvalue weighted by Crippen LogP contribution is 2.33. The molecular weight excluding hydrogens is 220 g/mol. The van der Waals surface area contributed by atoms with Gasteiger partial charge in [-0.05, 0) is 18.9 Å². The zero-order valence-corrected chi connectivity index (χ0v) is 10.2. The maximum Gasteiger partial charge on any atom is 0.146 e. The molecule has 86 valence electrons. The number of carbonyl (C=O) groups is 1. The SMILES string of the molecule is CC(O)(CC1CSCC1=O)c1ccccc1. The van der Waals surface area contributed by atoms with E-state index in [1.165, 1.54) is 0 Å². The largest absolute Gasteiger partial charge is 0.385 e. The molecule has 1 heterocycles. The van der Waals surface area contributed by atoms with E-state index in [1.807, 2.05) is 30.3 Å². The first-order chi connectivity index (χ1) is 7.59. The normalized spacial score (nSPS) is 24.4. The van der Waals surface area contributed by atoms with Gasteiger partial charge in [0.25, 0.3) is 0 Å². The van der Waals surface area contributed by atoms with E-state index in [1.54, 1.807) is 18.7 Å². The molecule has 0 saturated carbocycles. The van der Waals surface area contributed by atoms with E-state index in [-0.39, 0.29) is 11.7 Å². The van der Waals surface area contributed by atoms with Gasteiger partial charge in [0.15, 0.2) is 0 Å². The Kier molecular flexibility index (Phi) is 3.36. The summed E-state index contributed by atoms with van der Waals surface area (Å²) in [6.07, 6.45) is 0.531. The van der Waals surface area contributed by atoms with Crippen LogP contribution in [0.4, 0.5) is 0 Å². The minimum Gasteiger partial charge on any atom is -0.385 e. The molecule has 1 aliphatic heterocycles. The van der Waals surface area contributed by atoms with Crippen molar-refractivity contribution in [3.05, 3.63) is 35.9 Å². The van der Waals surface area contributed by atoms with E-state index in [2.05, 4.69) is 0 Å². The van der Waals surface area contributed by atoms with Crippen LogP contribution in [0.3, 0.4) is 0 Å². The third-order valence-corrected chi connectivity index (χ3v) is 4.18. The Labute approximate surface area is 100 Å². The van der Waals surface area contributed by atoms with Crippen LogP contribution in [0.2, 0.25) is 0 Å². The summed E-state index contributed by atoms with van der Waals surface area (Å²) in [5, 5.41) is 10.4. The van der Waals surface area contributed by atoms with Crippen molar-refractivity contribution < 1.29 is 9.90 Å². The third-order valence-electron chi connectivity index (χ3n) is 3.06. The minimum atomic E-state index is -0.896. The number of Topliss-reactive ketones (excluding diaryl/α,β-unsaturated/α-hetero) is 1. The topological polar surface area (TPSA) is 37.3 Å². The summed E-state index contributed by atoms with van der Waals surface area (Å²) >= 11 is 1.67. The molecule has 0 amide bonds. The van der Waals surface area contributed by atoms with Crippen molar-refractivity contribution in [1.29, 1.82) is 0 Å². The molecule has 0 spiro atoms. The van der Waals surface area contributed by atoms with Gasteiger partial charge in [-0.3, -0.25) is 4.79 Å². The van der Waals surface area contributed by atoms with Crippen molar-refractivity contribution in [3.8, 4) is 0 Å². The fourth-order valence-corrected chi connectivity index (χ4v) is 3.22. The molecule has 2 unspecified atom stereocenters. The van der Waals surface area contributed by atoms with Crippen molar-refractivity contribution in [3.63, 3.8) is 0 Å². The van der Waals surface area contributed by atoms with Crippen molar-refractivity contribution in [2.75, 3.05) is 11.5 Å². The van der Waals surface area contributed by atoms with Gasteiger partial charge in [0.2, 0.25) is 0 Å². The zero-order valence-electron chi connectivity index (χ0n) is 9.35. The van der Waals surface area contributed by atoms with Gasteiger partial charge in [-0.2, -0.15) is 11.8 Å². The molecular formula is C13H16O2S. The maximum atomic E-state index is 11.6. The molecule has 2 rings (SSSR count). The molecule has 0 radical (unpaired) electrons. The second-order valence-electron chi connectivity index (χ2n) is 4.52. The standard InChI is InChI=1S/C13H16O2S/c1-13(15,11-5-3-2-4-6-11)7-10-8-16-9-12(10)14/h2-6,10,15H,7-9H2,1H3. The minimum absolute atomic E-state index is 0.0141. The van der Waals surface area contributed by atoms with Crippen LogP contribution in [0.1, 0.15) is 18.9 Å². The van der Waals surface area contributed by atoms with Crippen LogP contribution in [0.25, 0.3) is 0 Å². The molecule has 3 heteroatoms. The Morgan fingerprint density at radius 3 is 2.69 bits per heavy atom. The van der Waals surface area contributed by atoms with Gasteiger partial charge in [-0.25, -0.2) is 0 Å². The predicted molar refractivity (Wildman–Crippen MR) is 66.5 cm³/mol. The fraction of sp³-hybridized carbons (Fsp3) is 0.462. The van der Waals surface area contributed by atoms with Crippen LogP contribution in [0.15, 0.2) is 30.3 Å². The molecule has 2 nitrogen and oxygen atoms in total. The maximum absolute atomic E-state index is 11.6. The quantitative estimate of drug-likeness (QED) is 0.874. The number of thioether (sulfide) groups is 1. The number of rotatable bonds is 3. The summed E-state index contributed by atoms with van der Waals surface area (Å²) in [5.74, 6) is 1.75. The van der Waals surface area contributed by atoms with Gasteiger partial charge in [-0.15, -0.1) is 0 Å². The molecule has 16 heavy (non-hydrogen) atoms. The highest BCUT2D eigenvalue weighted by molar-refractivity contribution is 8.00. The van der Waals surface area contributed by atoms with Gasteiger partial charge in [-0.1, -0.05) is 30.3 Å². The van der Waals surface area contributed by atoms with Crippen molar-refractivity contribution in [2.24, 2.45) is 5.92 Å². The molecule has 1 aromatic rings. The Morgan fingerprint density at radius 1 is 1.44 bits per heavy atom. The summed E-state index contributed by atoms with van der Waals surface area (Å²) in [5.41, 5.74) is -0.00773. The van der Waals surface area contributed by atoms with E-state index in [4.69, 9.17) is 0 Å². The van der Waals surface area contributed by atoms with E-state index >= 15 is 0 Å².